The number of nitrogens with zero attached hydrogens (tertiary/aromatic N) is 4. The second kappa shape index (κ2) is 11.3. The first-order valence-corrected chi connectivity index (χ1v) is 12.1. The van der Waals surface area contributed by atoms with Crippen LogP contribution in [-0.2, 0) is 9.53 Å². The number of nitrogens with two attached hydrogens (primary N) is 1. The summed E-state index contributed by atoms with van der Waals surface area (Å²) in [6.07, 6.45) is 4.99. The number of hydrogen-bond donors (Lipinski definition) is 3. The van der Waals surface area contributed by atoms with Crippen molar-refractivity contribution in [1.29, 1.82) is 5.26 Å². The third-order valence-electron chi connectivity index (χ3n) is 6.68. The van der Waals surface area contributed by atoms with Crippen molar-refractivity contribution in [3.63, 3.8) is 0 Å². The van der Waals surface area contributed by atoms with Crippen molar-refractivity contribution in [3.8, 4) is 6.07 Å². The van der Waals surface area contributed by atoms with Gasteiger partial charge in [-0.3, -0.25) is 9.59 Å². The van der Waals surface area contributed by atoms with Crippen LogP contribution in [0.2, 0.25) is 0 Å². The van der Waals surface area contributed by atoms with E-state index < -0.39 is 18.1 Å². The van der Waals surface area contributed by atoms with Crippen molar-refractivity contribution >= 4 is 29.1 Å². The molecule has 0 bridgehead atoms. The number of nitriles is 1. The van der Waals surface area contributed by atoms with Crippen molar-refractivity contribution in [2.45, 2.75) is 63.3 Å². The number of ether oxygens (including phenoxy) is 1. The van der Waals surface area contributed by atoms with E-state index in [0.717, 1.165) is 25.7 Å². The molecule has 4 rings (SSSR count). The van der Waals surface area contributed by atoms with Crippen LogP contribution in [0.4, 0.5) is 21.7 Å². The van der Waals surface area contributed by atoms with Gasteiger partial charge in [-0.2, -0.15) is 5.26 Å². The zero-order valence-corrected chi connectivity index (χ0v) is 20.1. The maximum absolute atomic E-state index is 15.2. The second-order valence-electron chi connectivity index (χ2n) is 9.18. The van der Waals surface area contributed by atoms with Crippen LogP contribution in [-0.4, -0.2) is 59.3 Å². The predicted octanol–water partition coefficient (Wildman–Crippen LogP) is 2.57. The smallest absolute Gasteiger partial charge is 0.252 e. The Morgan fingerprint density at radius 3 is 2.53 bits per heavy atom. The van der Waals surface area contributed by atoms with Crippen molar-refractivity contribution in [2.24, 2.45) is 5.73 Å². The number of carbonyl (C=O) groups is 2. The highest BCUT2D eigenvalue weighted by Gasteiger charge is 2.38. The summed E-state index contributed by atoms with van der Waals surface area (Å²) in [4.78, 5) is 34.4. The van der Waals surface area contributed by atoms with Gasteiger partial charge in [-0.1, -0.05) is 0 Å². The van der Waals surface area contributed by atoms with Crippen LogP contribution in [0.15, 0.2) is 30.6 Å². The second-order valence-corrected chi connectivity index (χ2v) is 9.18. The minimum atomic E-state index is -1.24. The first-order valence-electron chi connectivity index (χ1n) is 12.1. The molecule has 36 heavy (non-hydrogen) atoms. The Labute approximate surface area is 209 Å². The third-order valence-corrected chi connectivity index (χ3v) is 6.68. The van der Waals surface area contributed by atoms with Gasteiger partial charge in [0.25, 0.3) is 5.91 Å². The van der Waals surface area contributed by atoms with E-state index in [9.17, 15) is 9.59 Å². The van der Waals surface area contributed by atoms with Gasteiger partial charge in [0, 0.05) is 44.1 Å². The van der Waals surface area contributed by atoms with E-state index in [1.807, 2.05) is 11.0 Å². The van der Waals surface area contributed by atoms with Gasteiger partial charge < -0.3 is 26.0 Å². The molecule has 0 radical (unpaired) electrons. The number of primary amides is 1. The Balaban J connectivity index is 1.68. The molecule has 2 aromatic heterocycles. The molecule has 2 fully saturated rings. The Bertz CT molecular complexity index is 1130. The van der Waals surface area contributed by atoms with E-state index in [1.165, 1.54) is 19.3 Å². The fourth-order valence-electron chi connectivity index (χ4n) is 5.02. The van der Waals surface area contributed by atoms with Crippen molar-refractivity contribution < 1.29 is 18.7 Å². The first kappa shape index (κ1) is 25.3. The summed E-state index contributed by atoms with van der Waals surface area (Å²) >= 11 is 0. The summed E-state index contributed by atoms with van der Waals surface area (Å²) in [5.74, 6) is 0.156. The van der Waals surface area contributed by atoms with Crippen molar-refractivity contribution in [3.05, 3.63) is 41.7 Å². The number of halogens is 1. The molecule has 0 unspecified atom stereocenters. The number of aromatic nitrogens is 2. The predicted molar refractivity (Wildman–Crippen MR) is 131 cm³/mol. The van der Waals surface area contributed by atoms with E-state index >= 15 is 4.39 Å². The summed E-state index contributed by atoms with van der Waals surface area (Å²) in [6, 6.07) is 6.51. The Hall–Kier alpha value is -3.78. The molecule has 4 N–H and O–H groups in total. The van der Waals surface area contributed by atoms with Gasteiger partial charge in [0.15, 0.2) is 0 Å². The van der Waals surface area contributed by atoms with Gasteiger partial charge in [0.2, 0.25) is 5.91 Å². The molecular formula is C25H30FN7O3. The zero-order valence-electron chi connectivity index (χ0n) is 20.1. The minimum Gasteiger partial charge on any atom is -0.378 e. The maximum atomic E-state index is 15.2. The molecular weight excluding hydrogens is 465 g/mol. The normalized spacial score (nSPS) is 23.8. The van der Waals surface area contributed by atoms with Crippen LogP contribution in [0, 0.1) is 11.3 Å². The first-order chi connectivity index (χ1) is 17.4. The molecule has 2 aromatic rings. The topological polar surface area (TPSA) is 146 Å². The molecule has 2 atom stereocenters. The maximum Gasteiger partial charge on any atom is 0.252 e. The summed E-state index contributed by atoms with van der Waals surface area (Å²) < 4.78 is 20.6. The van der Waals surface area contributed by atoms with Crippen LogP contribution in [0.1, 0.15) is 54.9 Å². The third kappa shape index (κ3) is 5.88. The van der Waals surface area contributed by atoms with Gasteiger partial charge in [0.1, 0.15) is 23.9 Å². The van der Waals surface area contributed by atoms with E-state index in [0.29, 0.717) is 35.9 Å². The van der Waals surface area contributed by atoms with Crippen LogP contribution in [0.25, 0.3) is 0 Å². The van der Waals surface area contributed by atoms with Gasteiger partial charge in [-0.15, -0.1) is 0 Å². The standard InChI is InChI=1S/C25H30FN7O3/c1-15(34)31-17-3-5-18(6-4-17)33(21-8-9-36-14-20(21)26)22-10-24(30-13-19(22)25(28)35)32-23-7-2-16(11-27)12-29-23/h2,7,10,12-13,17-18,20-21H,3-6,8-9,14H2,1H3,(H2,28,35)(H,31,34)(H,29,30,32)/t17?,18?,20-,21-/m1/s1. The molecule has 0 aromatic carbocycles. The fraction of sp³-hybridized carbons (Fsp3) is 0.480. The van der Waals surface area contributed by atoms with Crippen LogP contribution < -0.4 is 21.3 Å². The highest BCUT2D eigenvalue weighted by atomic mass is 19.1. The molecule has 190 valence electrons. The Kier molecular flexibility index (Phi) is 7.95. The van der Waals surface area contributed by atoms with Crippen molar-refractivity contribution in [2.75, 3.05) is 23.4 Å². The highest BCUT2D eigenvalue weighted by molar-refractivity contribution is 5.99. The lowest BCUT2D eigenvalue weighted by molar-refractivity contribution is -0.119. The van der Waals surface area contributed by atoms with Crippen LogP contribution in [0.5, 0.6) is 0 Å². The largest absolute Gasteiger partial charge is 0.378 e. The summed E-state index contributed by atoms with van der Waals surface area (Å²) in [5.41, 5.74) is 6.86. The number of hydrogen-bond acceptors (Lipinski definition) is 8. The number of amides is 2. The molecule has 2 aliphatic rings. The molecule has 0 spiro atoms. The number of pyridine rings is 2. The van der Waals surface area contributed by atoms with Gasteiger partial charge in [-0.25, -0.2) is 14.4 Å². The molecule has 2 amide bonds. The quantitative estimate of drug-likeness (QED) is 0.531. The van der Waals surface area contributed by atoms with Crippen LogP contribution in [0.3, 0.4) is 0 Å². The average Bonchev–Trinajstić information content (AvgIpc) is 2.86. The Morgan fingerprint density at radius 2 is 1.92 bits per heavy atom. The van der Waals surface area contributed by atoms with Gasteiger partial charge >= 0.3 is 0 Å². The van der Waals surface area contributed by atoms with E-state index in [-0.39, 0.29) is 30.2 Å². The number of carbonyl (C=O) groups excluding carboxylic acids is 2. The molecule has 10 nitrogen and oxygen atoms in total. The van der Waals surface area contributed by atoms with Crippen LogP contribution >= 0.6 is 0 Å². The number of nitrogens with one attached hydrogen (secondary N) is 2. The van der Waals surface area contributed by atoms with Crippen molar-refractivity contribution in [1.82, 2.24) is 15.3 Å². The lowest BCUT2D eigenvalue weighted by atomic mass is 9.87. The Morgan fingerprint density at radius 1 is 1.17 bits per heavy atom. The SMILES string of the molecule is CC(=O)NC1CCC(N(c2cc(Nc3ccc(C#N)cn3)ncc2C(N)=O)[C@@H]2CCOC[C@H]2F)CC1. The number of rotatable bonds is 7. The summed E-state index contributed by atoms with van der Waals surface area (Å²) in [5, 5.41) is 15.1. The molecule has 1 saturated carbocycles. The monoisotopic (exact) mass is 495 g/mol. The van der Waals surface area contributed by atoms with E-state index in [2.05, 4.69) is 20.6 Å². The molecule has 11 heteroatoms. The summed E-state index contributed by atoms with van der Waals surface area (Å²) in [7, 11) is 0. The zero-order chi connectivity index (χ0) is 25.7. The summed E-state index contributed by atoms with van der Waals surface area (Å²) in [6.45, 7) is 1.90. The van der Waals surface area contributed by atoms with E-state index in [1.54, 1.807) is 18.2 Å². The lowest BCUT2D eigenvalue weighted by Gasteiger charge is -2.46. The number of anilines is 3. The van der Waals surface area contributed by atoms with Gasteiger partial charge in [-0.05, 0) is 44.2 Å². The number of alkyl halides is 1. The van der Waals surface area contributed by atoms with E-state index in [4.69, 9.17) is 15.7 Å². The lowest BCUT2D eigenvalue weighted by Crippen LogP contribution is -2.54. The minimum absolute atomic E-state index is 0.0142. The molecule has 3 heterocycles. The molecule has 1 aliphatic heterocycles. The molecule has 1 aliphatic carbocycles. The van der Waals surface area contributed by atoms with Gasteiger partial charge in [0.05, 0.1) is 29.5 Å². The molecule has 1 saturated heterocycles. The fourth-order valence-corrected chi connectivity index (χ4v) is 5.02. The highest BCUT2D eigenvalue weighted by Crippen LogP contribution is 2.36. The average molecular weight is 496 g/mol.